The maximum Gasteiger partial charge on any atom is 0.170 e. The average molecular weight is 338 g/mol. The molecular formula is C14H13BrFN3O. The molecule has 0 amide bonds. The van der Waals surface area contributed by atoms with E-state index in [-0.39, 0.29) is 11.7 Å². The van der Waals surface area contributed by atoms with Crippen molar-refractivity contribution >= 4 is 27.5 Å². The van der Waals surface area contributed by atoms with Crippen LogP contribution >= 0.6 is 15.9 Å². The van der Waals surface area contributed by atoms with Crippen molar-refractivity contribution < 1.29 is 9.60 Å². The molecule has 2 aromatic rings. The van der Waals surface area contributed by atoms with Crippen molar-refractivity contribution in [2.75, 3.05) is 5.32 Å². The lowest BCUT2D eigenvalue weighted by molar-refractivity contribution is 0.318. The van der Waals surface area contributed by atoms with Crippen LogP contribution in [0.1, 0.15) is 11.1 Å². The number of hydrogen-bond donors (Lipinski definition) is 3. The molecule has 20 heavy (non-hydrogen) atoms. The maximum atomic E-state index is 13.7. The van der Waals surface area contributed by atoms with Gasteiger partial charge in [-0.2, -0.15) is 0 Å². The Bertz CT molecular complexity index is 646. The van der Waals surface area contributed by atoms with E-state index >= 15 is 0 Å². The highest BCUT2D eigenvalue weighted by Crippen LogP contribution is 2.20. The van der Waals surface area contributed by atoms with Gasteiger partial charge in [-0.15, -0.1) is 0 Å². The van der Waals surface area contributed by atoms with Crippen molar-refractivity contribution in [3.8, 4) is 0 Å². The summed E-state index contributed by atoms with van der Waals surface area (Å²) in [5.74, 6) is -0.284. The van der Waals surface area contributed by atoms with Crippen LogP contribution in [0.15, 0.2) is 52.1 Å². The first-order chi connectivity index (χ1) is 9.60. The predicted octanol–water partition coefficient (Wildman–Crippen LogP) is 3.29. The lowest BCUT2D eigenvalue weighted by atomic mass is 10.1. The second kappa shape index (κ2) is 6.38. The van der Waals surface area contributed by atoms with Gasteiger partial charge in [0.1, 0.15) is 5.82 Å². The number of rotatable bonds is 4. The van der Waals surface area contributed by atoms with E-state index in [4.69, 9.17) is 10.9 Å². The van der Waals surface area contributed by atoms with E-state index in [1.807, 2.05) is 6.07 Å². The van der Waals surface area contributed by atoms with Gasteiger partial charge in [0.2, 0.25) is 0 Å². The number of oxime groups is 1. The highest BCUT2D eigenvalue weighted by atomic mass is 79.9. The minimum Gasteiger partial charge on any atom is -0.409 e. The molecule has 0 fully saturated rings. The van der Waals surface area contributed by atoms with Crippen LogP contribution in [0.4, 0.5) is 10.1 Å². The predicted molar refractivity (Wildman–Crippen MR) is 80.4 cm³/mol. The third kappa shape index (κ3) is 3.48. The van der Waals surface area contributed by atoms with E-state index in [9.17, 15) is 4.39 Å². The lowest BCUT2D eigenvalue weighted by Crippen LogP contribution is -2.13. The molecule has 0 aliphatic rings. The molecule has 0 aromatic heterocycles. The van der Waals surface area contributed by atoms with Gasteiger partial charge in [0.05, 0.1) is 5.69 Å². The quantitative estimate of drug-likeness (QED) is 0.347. The second-order valence-electron chi connectivity index (χ2n) is 4.16. The summed E-state index contributed by atoms with van der Waals surface area (Å²) in [5, 5.41) is 14.6. The summed E-state index contributed by atoms with van der Waals surface area (Å²) in [5.41, 5.74) is 7.46. The zero-order valence-electron chi connectivity index (χ0n) is 10.5. The molecule has 0 saturated heterocycles. The number of nitrogens with two attached hydrogens (primary N) is 1. The van der Waals surface area contributed by atoms with Gasteiger partial charge < -0.3 is 16.3 Å². The minimum absolute atomic E-state index is 0.0432. The molecule has 4 nitrogen and oxygen atoms in total. The van der Waals surface area contributed by atoms with Crippen LogP contribution in [0.5, 0.6) is 0 Å². The number of nitrogens with zero attached hydrogens (tertiary/aromatic N) is 1. The Labute approximate surface area is 124 Å². The van der Waals surface area contributed by atoms with E-state index in [2.05, 4.69) is 26.4 Å². The molecule has 0 aliphatic carbocycles. The molecule has 0 bridgehead atoms. The monoisotopic (exact) mass is 337 g/mol. The molecule has 0 heterocycles. The van der Waals surface area contributed by atoms with Gasteiger partial charge in [0, 0.05) is 16.6 Å². The molecular weight excluding hydrogens is 325 g/mol. The molecule has 0 atom stereocenters. The van der Waals surface area contributed by atoms with E-state index in [0.717, 1.165) is 5.56 Å². The zero-order chi connectivity index (χ0) is 14.5. The van der Waals surface area contributed by atoms with Gasteiger partial charge in [-0.3, -0.25) is 0 Å². The van der Waals surface area contributed by atoms with Gasteiger partial charge in [-0.1, -0.05) is 39.3 Å². The normalized spacial score (nSPS) is 11.4. The van der Waals surface area contributed by atoms with E-state index in [0.29, 0.717) is 22.3 Å². The fourth-order valence-corrected chi connectivity index (χ4v) is 2.06. The fourth-order valence-electron chi connectivity index (χ4n) is 1.73. The van der Waals surface area contributed by atoms with Crippen molar-refractivity contribution in [2.45, 2.75) is 6.54 Å². The van der Waals surface area contributed by atoms with Gasteiger partial charge in [0.15, 0.2) is 5.84 Å². The van der Waals surface area contributed by atoms with Gasteiger partial charge in [-0.05, 0) is 29.8 Å². The highest BCUT2D eigenvalue weighted by Gasteiger charge is 2.04. The van der Waals surface area contributed by atoms with Crippen LogP contribution in [-0.2, 0) is 6.54 Å². The van der Waals surface area contributed by atoms with Crippen LogP contribution in [-0.4, -0.2) is 11.0 Å². The Morgan fingerprint density at radius 1 is 1.30 bits per heavy atom. The Morgan fingerprint density at radius 2 is 2.10 bits per heavy atom. The largest absolute Gasteiger partial charge is 0.409 e. The molecule has 0 saturated carbocycles. The second-order valence-corrected chi connectivity index (χ2v) is 5.08. The molecule has 6 heteroatoms. The molecule has 104 valence electrons. The summed E-state index contributed by atoms with van der Waals surface area (Å²) < 4.78 is 14.3. The Kier molecular flexibility index (Phi) is 4.57. The van der Waals surface area contributed by atoms with Crippen molar-refractivity contribution in [3.63, 3.8) is 0 Å². The fraction of sp³-hybridized carbons (Fsp3) is 0.0714. The molecule has 2 rings (SSSR count). The Morgan fingerprint density at radius 3 is 2.80 bits per heavy atom. The summed E-state index contributed by atoms with van der Waals surface area (Å²) >= 11 is 3.21. The molecule has 0 spiro atoms. The van der Waals surface area contributed by atoms with E-state index in [1.165, 1.54) is 6.07 Å². The highest BCUT2D eigenvalue weighted by molar-refractivity contribution is 9.10. The molecule has 0 radical (unpaired) electrons. The standard InChI is InChI=1S/C14H13BrFN3O/c15-11-4-5-13(12(16)7-11)18-8-9-2-1-3-10(6-9)14(17)19-20/h1-7,18,20H,8H2,(H2,17,19). The van der Waals surface area contributed by atoms with Crippen molar-refractivity contribution in [2.24, 2.45) is 10.9 Å². The van der Waals surface area contributed by atoms with E-state index < -0.39 is 0 Å². The number of benzene rings is 2. The first-order valence-corrected chi connectivity index (χ1v) is 6.65. The summed E-state index contributed by atoms with van der Waals surface area (Å²) in [6, 6.07) is 12.0. The van der Waals surface area contributed by atoms with E-state index in [1.54, 1.807) is 30.3 Å². The number of halogens is 2. The van der Waals surface area contributed by atoms with Crippen LogP contribution in [0.2, 0.25) is 0 Å². The first-order valence-electron chi connectivity index (χ1n) is 5.86. The average Bonchev–Trinajstić information content (AvgIpc) is 2.46. The summed E-state index contributed by atoms with van der Waals surface area (Å²) in [7, 11) is 0. The number of nitrogens with one attached hydrogen (secondary N) is 1. The van der Waals surface area contributed by atoms with Gasteiger partial charge in [-0.25, -0.2) is 4.39 Å². The Balaban J connectivity index is 2.11. The zero-order valence-corrected chi connectivity index (χ0v) is 12.1. The minimum atomic E-state index is -0.327. The van der Waals surface area contributed by atoms with Gasteiger partial charge in [0.25, 0.3) is 0 Å². The van der Waals surface area contributed by atoms with Crippen LogP contribution in [0.25, 0.3) is 0 Å². The molecule has 4 N–H and O–H groups in total. The smallest absolute Gasteiger partial charge is 0.170 e. The Hall–Kier alpha value is -2.08. The topological polar surface area (TPSA) is 70.6 Å². The summed E-state index contributed by atoms with van der Waals surface area (Å²) in [4.78, 5) is 0. The van der Waals surface area contributed by atoms with Crippen LogP contribution in [0.3, 0.4) is 0 Å². The number of anilines is 1. The SMILES string of the molecule is NC(=NO)c1cccc(CNc2ccc(Br)cc2F)c1. The van der Waals surface area contributed by atoms with Crippen LogP contribution in [0, 0.1) is 5.82 Å². The molecule has 0 unspecified atom stereocenters. The first kappa shape index (κ1) is 14.3. The summed E-state index contributed by atoms with van der Waals surface area (Å²) in [6.45, 7) is 0.436. The third-order valence-corrected chi connectivity index (χ3v) is 3.24. The number of hydrogen-bond acceptors (Lipinski definition) is 3. The third-order valence-electron chi connectivity index (χ3n) is 2.74. The van der Waals surface area contributed by atoms with Crippen molar-refractivity contribution in [1.82, 2.24) is 0 Å². The van der Waals surface area contributed by atoms with Crippen molar-refractivity contribution in [3.05, 3.63) is 63.9 Å². The molecule has 0 aliphatic heterocycles. The maximum absolute atomic E-state index is 13.7. The molecule has 2 aromatic carbocycles. The van der Waals surface area contributed by atoms with Gasteiger partial charge >= 0.3 is 0 Å². The summed E-state index contributed by atoms with van der Waals surface area (Å²) in [6.07, 6.45) is 0. The van der Waals surface area contributed by atoms with Crippen LogP contribution < -0.4 is 11.1 Å². The number of amidine groups is 1. The lowest BCUT2D eigenvalue weighted by Gasteiger charge is -2.09. The van der Waals surface area contributed by atoms with Crippen molar-refractivity contribution in [1.29, 1.82) is 0 Å².